The molecule has 3 rings (SSSR count). The Balaban J connectivity index is 1.72. The maximum Gasteiger partial charge on any atom is 0.203 e. The fourth-order valence-electron chi connectivity index (χ4n) is 2.34. The van der Waals surface area contributed by atoms with Gasteiger partial charge in [-0.15, -0.1) is 0 Å². The van der Waals surface area contributed by atoms with E-state index >= 15 is 0 Å². The molecule has 4 heteroatoms. The van der Waals surface area contributed by atoms with E-state index in [1.54, 1.807) is 18.2 Å². The van der Waals surface area contributed by atoms with Gasteiger partial charge in [0.25, 0.3) is 0 Å². The van der Waals surface area contributed by atoms with E-state index in [1.807, 2.05) is 36.4 Å². The Morgan fingerprint density at radius 2 is 1.62 bits per heavy atom. The lowest BCUT2D eigenvalue weighted by atomic mass is 10.1. The van der Waals surface area contributed by atoms with Crippen molar-refractivity contribution in [3.8, 4) is 16.9 Å². The van der Waals surface area contributed by atoms with Crippen molar-refractivity contribution in [2.24, 2.45) is 0 Å². The van der Waals surface area contributed by atoms with Crippen LogP contribution in [0.15, 0.2) is 72.8 Å². The van der Waals surface area contributed by atoms with Crippen molar-refractivity contribution in [3.05, 3.63) is 89.2 Å². The van der Waals surface area contributed by atoms with E-state index in [0.29, 0.717) is 10.8 Å². The van der Waals surface area contributed by atoms with Gasteiger partial charge < -0.3 is 4.74 Å². The van der Waals surface area contributed by atoms with Crippen LogP contribution < -0.4 is 4.74 Å². The normalized spacial score (nSPS) is 10.4. The number of carbonyl (C=O) groups is 1. The van der Waals surface area contributed by atoms with Crippen molar-refractivity contribution < 1.29 is 13.9 Å². The molecular weight excluding hydrogens is 327 g/mol. The largest absolute Gasteiger partial charge is 0.484 e. The Kier molecular flexibility index (Phi) is 4.92. The molecule has 0 saturated heterocycles. The van der Waals surface area contributed by atoms with Crippen molar-refractivity contribution in [1.82, 2.24) is 0 Å². The number of Topliss-reactive ketones (excluding diaryl/α,β-unsaturated/α-hetero) is 1. The minimum absolute atomic E-state index is 0.00882. The summed E-state index contributed by atoms with van der Waals surface area (Å²) in [6.07, 6.45) is 0. The van der Waals surface area contributed by atoms with E-state index in [1.165, 1.54) is 18.2 Å². The van der Waals surface area contributed by atoms with E-state index in [2.05, 4.69) is 0 Å². The van der Waals surface area contributed by atoms with Crippen molar-refractivity contribution >= 4 is 17.4 Å². The van der Waals surface area contributed by atoms with E-state index in [-0.39, 0.29) is 12.2 Å². The molecule has 0 unspecified atom stereocenters. The van der Waals surface area contributed by atoms with Gasteiger partial charge in [0.05, 0.1) is 10.6 Å². The number of halogens is 2. The first-order chi connectivity index (χ1) is 11.6. The zero-order valence-electron chi connectivity index (χ0n) is 12.7. The zero-order valence-corrected chi connectivity index (χ0v) is 13.5. The molecule has 0 amide bonds. The molecule has 3 aromatic rings. The second-order valence-corrected chi connectivity index (χ2v) is 5.61. The molecule has 0 aromatic heterocycles. The molecule has 0 heterocycles. The van der Waals surface area contributed by atoms with E-state index in [4.69, 9.17) is 16.3 Å². The predicted octanol–water partition coefficient (Wildman–Crippen LogP) is 5.41. The van der Waals surface area contributed by atoms with E-state index in [0.717, 1.165) is 11.1 Å². The molecule has 0 aliphatic carbocycles. The lowest BCUT2D eigenvalue weighted by Crippen LogP contribution is -2.13. The van der Waals surface area contributed by atoms with Gasteiger partial charge in [0.15, 0.2) is 6.61 Å². The molecule has 0 atom stereocenters. The van der Waals surface area contributed by atoms with Crippen molar-refractivity contribution in [2.45, 2.75) is 0 Å². The summed E-state index contributed by atoms with van der Waals surface area (Å²) < 4.78 is 19.0. The number of hydrogen-bond donors (Lipinski definition) is 0. The number of carbonyl (C=O) groups excluding carboxylic acids is 1. The number of ketones is 1. The van der Waals surface area contributed by atoms with E-state index in [9.17, 15) is 9.18 Å². The SMILES string of the molecule is O=C(COc1ccc(-c2ccccc2)cc1Cl)c1ccccc1F. The lowest BCUT2D eigenvalue weighted by molar-refractivity contribution is 0.0917. The highest BCUT2D eigenvalue weighted by Crippen LogP contribution is 2.30. The number of ether oxygens (including phenoxy) is 1. The van der Waals surface area contributed by atoms with Crippen molar-refractivity contribution in [2.75, 3.05) is 6.61 Å². The Labute approximate surface area is 144 Å². The smallest absolute Gasteiger partial charge is 0.203 e. The molecule has 3 aromatic carbocycles. The molecule has 2 nitrogen and oxygen atoms in total. The molecule has 0 aliphatic heterocycles. The summed E-state index contributed by atoms with van der Waals surface area (Å²) in [4.78, 5) is 12.0. The van der Waals surface area contributed by atoms with Gasteiger partial charge >= 0.3 is 0 Å². The summed E-state index contributed by atoms with van der Waals surface area (Å²) in [5.41, 5.74) is 2.00. The van der Waals surface area contributed by atoms with Crippen LogP contribution in [0.4, 0.5) is 4.39 Å². The second-order valence-electron chi connectivity index (χ2n) is 5.20. The Bertz CT molecular complexity index is 863. The molecule has 120 valence electrons. The van der Waals surface area contributed by atoms with Gasteiger partial charge in [-0.05, 0) is 35.4 Å². The van der Waals surface area contributed by atoms with Crippen LogP contribution in [0.2, 0.25) is 5.02 Å². The molecule has 0 bridgehead atoms. The molecule has 0 N–H and O–H groups in total. The van der Waals surface area contributed by atoms with Crippen LogP contribution in [0, 0.1) is 5.82 Å². The minimum Gasteiger partial charge on any atom is -0.484 e. The van der Waals surface area contributed by atoms with Gasteiger partial charge in [-0.25, -0.2) is 4.39 Å². The van der Waals surface area contributed by atoms with Gasteiger partial charge in [-0.3, -0.25) is 4.79 Å². The maximum atomic E-state index is 13.6. The van der Waals surface area contributed by atoms with Crippen LogP contribution >= 0.6 is 11.6 Å². The first-order valence-corrected chi connectivity index (χ1v) is 7.78. The summed E-state index contributed by atoms with van der Waals surface area (Å²) in [7, 11) is 0. The summed E-state index contributed by atoms with van der Waals surface area (Å²) in [5, 5.41) is 0.401. The summed E-state index contributed by atoms with van der Waals surface area (Å²) in [6.45, 7) is -0.272. The number of benzene rings is 3. The van der Waals surface area contributed by atoms with Crippen LogP contribution in [0.5, 0.6) is 5.75 Å². The highest BCUT2D eigenvalue weighted by molar-refractivity contribution is 6.32. The molecular formula is C20H14ClFO2. The lowest BCUT2D eigenvalue weighted by Gasteiger charge is -2.10. The third kappa shape index (κ3) is 3.63. The van der Waals surface area contributed by atoms with Crippen LogP contribution in [0.1, 0.15) is 10.4 Å². The Hall–Kier alpha value is -2.65. The fraction of sp³-hybridized carbons (Fsp3) is 0.0500. The maximum absolute atomic E-state index is 13.6. The second kappa shape index (κ2) is 7.28. The third-order valence-corrected chi connectivity index (χ3v) is 3.87. The molecule has 0 radical (unpaired) electrons. The Morgan fingerprint density at radius 3 is 2.33 bits per heavy atom. The highest BCUT2D eigenvalue weighted by atomic mass is 35.5. The van der Waals surface area contributed by atoms with Crippen LogP contribution in [-0.2, 0) is 0 Å². The third-order valence-electron chi connectivity index (χ3n) is 3.57. The molecule has 0 fully saturated rings. The summed E-state index contributed by atoms with van der Waals surface area (Å²) >= 11 is 6.23. The van der Waals surface area contributed by atoms with Crippen molar-refractivity contribution in [3.63, 3.8) is 0 Å². The van der Waals surface area contributed by atoms with Gasteiger partial charge in [-0.2, -0.15) is 0 Å². The average Bonchev–Trinajstić information content (AvgIpc) is 2.61. The van der Waals surface area contributed by atoms with Gasteiger partial charge in [-0.1, -0.05) is 60.1 Å². The molecule has 0 aliphatic rings. The average molecular weight is 341 g/mol. The molecule has 0 spiro atoms. The summed E-state index contributed by atoms with van der Waals surface area (Å²) in [5.74, 6) is -0.603. The standard InChI is InChI=1S/C20H14ClFO2/c21-17-12-15(14-6-2-1-3-7-14)10-11-20(17)24-13-19(23)16-8-4-5-9-18(16)22/h1-12H,13H2. The van der Waals surface area contributed by atoms with Gasteiger partial charge in [0.2, 0.25) is 5.78 Å². The first kappa shape index (κ1) is 16.2. The minimum atomic E-state index is -0.559. The van der Waals surface area contributed by atoms with Gasteiger partial charge in [0, 0.05) is 0 Å². The molecule has 0 saturated carbocycles. The zero-order chi connectivity index (χ0) is 16.9. The molecule has 24 heavy (non-hydrogen) atoms. The monoisotopic (exact) mass is 340 g/mol. The first-order valence-electron chi connectivity index (χ1n) is 7.40. The Morgan fingerprint density at radius 1 is 0.917 bits per heavy atom. The quantitative estimate of drug-likeness (QED) is 0.581. The van der Waals surface area contributed by atoms with Crippen LogP contribution in [0.3, 0.4) is 0 Å². The van der Waals surface area contributed by atoms with Gasteiger partial charge in [0.1, 0.15) is 11.6 Å². The summed E-state index contributed by atoms with van der Waals surface area (Å²) in [6, 6.07) is 21.0. The highest BCUT2D eigenvalue weighted by Gasteiger charge is 2.13. The predicted molar refractivity (Wildman–Crippen MR) is 93.1 cm³/mol. The van der Waals surface area contributed by atoms with Crippen LogP contribution in [-0.4, -0.2) is 12.4 Å². The van der Waals surface area contributed by atoms with E-state index < -0.39 is 11.6 Å². The van der Waals surface area contributed by atoms with Crippen LogP contribution in [0.25, 0.3) is 11.1 Å². The number of rotatable bonds is 5. The number of hydrogen-bond acceptors (Lipinski definition) is 2. The fourth-order valence-corrected chi connectivity index (χ4v) is 2.57. The van der Waals surface area contributed by atoms with Crippen molar-refractivity contribution in [1.29, 1.82) is 0 Å². The topological polar surface area (TPSA) is 26.3 Å².